The van der Waals surface area contributed by atoms with Crippen LogP contribution in [0.25, 0.3) is 22.5 Å². The fraction of sp³-hybridized carbons (Fsp3) is 0. The first-order valence-electron chi connectivity index (χ1n) is 5.78. The summed E-state index contributed by atoms with van der Waals surface area (Å²) in [5, 5.41) is 3.78. The van der Waals surface area contributed by atoms with E-state index in [1.165, 1.54) is 12.1 Å². The number of nitrogens with zero attached hydrogens (tertiary/aromatic N) is 2. The van der Waals surface area contributed by atoms with Gasteiger partial charge in [0.2, 0.25) is 0 Å². The highest BCUT2D eigenvalue weighted by Gasteiger charge is 2.19. The number of aromatic nitrogens is 2. The van der Waals surface area contributed by atoms with Gasteiger partial charge in [-0.05, 0) is 35.9 Å². The maximum atomic E-state index is 13.4. The van der Waals surface area contributed by atoms with Crippen molar-refractivity contribution in [3.8, 4) is 22.5 Å². The Morgan fingerprint density at radius 2 is 1.90 bits per heavy atom. The first kappa shape index (κ1) is 12.8. The summed E-state index contributed by atoms with van der Waals surface area (Å²) >= 11 is 3.38. The number of hydrogen-bond acceptors (Lipinski definition) is 4. The van der Waals surface area contributed by atoms with Crippen LogP contribution in [0.1, 0.15) is 0 Å². The monoisotopic (exact) mass is 333 g/mol. The molecule has 0 amide bonds. The quantitative estimate of drug-likeness (QED) is 0.772. The molecule has 2 heterocycles. The van der Waals surface area contributed by atoms with E-state index in [0.717, 1.165) is 5.56 Å². The van der Waals surface area contributed by atoms with Gasteiger partial charge in [0.05, 0.1) is 5.56 Å². The van der Waals surface area contributed by atoms with Crippen molar-refractivity contribution in [3.63, 3.8) is 0 Å². The second-order valence-electron chi connectivity index (χ2n) is 4.13. The molecule has 0 aliphatic rings. The molecule has 3 rings (SSSR count). The molecule has 2 N–H and O–H groups in total. The largest absolute Gasteiger partial charge is 0.380 e. The summed E-state index contributed by atoms with van der Waals surface area (Å²) in [5.41, 5.74) is 7.85. The van der Waals surface area contributed by atoms with Crippen LogP contribution in [-0.2, 0) is 0 Å². The van der Waals surface area contributed by atoms with E-state index in [1.54, 1.807) is 30.6 Å². The minimum absolute atomic E-state index is 0.252. The van der Waals surface area contributed by atoms with Crippen LogP contribution in [0.15, 0.2) is 51.7 Å². The van der Waals surface area contributed by atoms with Gasteiger partial charge in [0, 0.05) is 22.4 Å². The Morgan fingerprint density at radius 1 is 1.15 bits per heavy atom. The van der Waals surface area contributed by atoms with Gasteiger partial charge in [-0.3, -0.25) is 4.98 Å². The van der Waals surface area contributed by atoms with Gasteiger partial charge in [0.1, 0.15) is 5.82 Å². The van der Waals surface area contributed by atoms with Crippen molar-refractivity contribution in [1.82, 2.24) is 10.1 Å². The summed E-state index contributed by atoms with van der Waals surface area (Å²) < 4.78 is 19.4. The maximum Gasteiger partial charge on any atom is 0.178 e. The minimum atomic E-state index is -0.362. The summed E-state index contributed by atoms with van der Waals surface area (Å²) in [7, 11) is 0. The summed E-state index contributed by atoms with van der Waals surface area (Å²) in [6, 6.07) is 7.92. The van der Waals surface area contributed by atoms with Crippen molar-refractivity contribution in [2.75, 3.05) is 5.73 Å². The minimum Gasteiger partial charge on any atom is -0.380 e. The molecule has 0 saturated carbocycles. The fourth-order valence-electron chi connectivity index (χ4n) is 1.96. The van der Waals surface area contributed by atoms with Crippen LogP contribution in [0, 0.1) is 5.82 Å². The van der Waals surface area contributed by atoms with Crippen molar-refractivity contribution in [3.05, 3.63) is 53.0 Å². The van der Waals surface area contributed by atoms with Crippen molar-refractivity contribution < 1.29 is 8.91 Å². The standard InChI is InChI=1S/C14H9BrFN3O/c15-11-2-1-9(16)7-10(11)13-12(14(17)19-20-13)8-3-5-18-6-4-8/h1-7H,(H2,17,19). The lowest BCUT2D eigenvalue weighted by molar-refractivity contribution is 0.435. The van der Waals surface area contributed by atoms with E-state index in [0.29, 0.717) is 21.4 Å². The van der Waals surface area contributed by atoms with Gasteiger partial charge in [-0.1, -0.05) is 21.1 Å². The van der Waals surface area contributed by atoms with Gasteiger partial charge in [-0.15, -0.1) is 0 Å². The topological polar surface area (TPSA) is 64.9 Å². The van der Waals surface area contributed by atoms with E-state index >= 15 is 0 Å². The molecular weight excluding hydrogens is 325 g/mol. The maximum absolute atomic E-state index is 13.4. The average Bonchev–Trinajstić information content (AvgIpc) is 2.84. The zero-order chi connectivity index (χ0) is 14.1. The Balaban J connectivity index is 2.24. The van der Waals surface area contributed by atoms with E-state index < -0.39 is 0 Å². The summed E-state index contributed by atoms with van der Waals surface area (Å²) in [6.45, 7) is 0. The van der Waals surface area contributed by atoms with Gasteiger partial charge in [0.25, 0.3) is 0 Å². The molecular formula is C14H9BrFN3O. The van der Waals surface area contributed by atoms with Crippen molar-refractivity contribution in [1.29, 1.82) is 0 Å². The third kappa shape index (κ3) is 2.18. The van der Waals surface area contributed by atoms with Crippen LogP contribution >= 0.6 is 15.9 Å². The molecule has 0 aliphatic carbocycles. The Labute approximate surface area is 122 Å². The molecule has 0 atom stereocenters. The average molecular weight is 334 g/mol. The molecule has 20 heavy (non-hydrogen) atoms. The van der Waals surface area contributed by atoms with Crippen LogP contribution in [0.3, 0.4) is 0 Å². The smallest absolute Gasteiger partial charge is 0.178 e. The number of anilines is 1. The summed E-state index contributed by atoms with van der Waals surface area (Å²) in [6.07, 6.45) is 3.29. The van der Waals surface area contributed by atoms with E-state index in [1.807, 2.05) is 0 Å². The second-order valence-corrected chi connectivity index (χ2v) is 4.99. The van der Waals surface area contributed by atoms with Gasteiger partial charge in [-0.2, -0.15) is 0 Å². The van der Waals surface area contributed by atoms with E-state index in [9.17, 15) is 4.39 Å². The third-order valence-electron chi connectivity index (χ3n) is 2.86. The predicted octanol–water partition coefficient (Wildman–Crippen LogP) is 3.89. The first-order valence-corrected chi connectivity index (χ1v) is 6.57. The molecule has 0 spiro atoms. The molecule has 0 fully saturated rings. The number of nitrogens with two attached hydrogens (primary N) is 1. The second kappa shape index (κ2) is 5.05. The molecule has 1 aromatic carbocycles. The zero-order valence-corrected chi connectivity index (χ0v) is 11.8. The van der Waals surface area contributed by atoms with Crippen LogP contribution in [0.5, 0.6) is 0 Å². The van der Waals surface area contributed by atoms with Gasteiger partial charge in [-0.25, -0.2) is 4.39 Å². The van der Waals surface area contributed by atoms with Crippen LogP contribution in [0.4, 0.5) is 10.2 Å². The zero-order valence-electron chi connectivity index (χ0n) is 10.2. The first-order chi connectivity index (χ1) is 9.66. The number of pyridine rings is 1. The number of benzene rings is 1. The van der Waals surface area contributed by atoms with E-state index in [2.05, 4.69) is 26.1 Å². The van der Waals surface area contributed by atoms with Gasteiger partial charge in [0.15, 0.2) is 11.6 Å². The van der Waals surface area contributed by atoms with Crippen LogP contribution in [-0.4, -0.2) is 10.1 Å². The highest BCUT2D eigenvalue weighted by atomic mass is 79.9. The lowest BCUT2D eigenvalue weighted by atomic mass is 10.0. The van der Waals surface area contributed by atoms with Gasteiger partial charge >= 0.3 is 0 Å². The van der Waals surface area contributed by atoms with Crippen molar-refractivity contribution in [2.45, 2.75) is 0 Å². The Morgan fingerprint density at radius 3 is 2.65 bits per heavy atom. The molecule has 0 radical (unpaired) electrons. The van der Waals surface area contributed by atoms with Crippen molar-refractivity contribution in [2.24, 2.45) is 0 Å². The Kier molecular flexibility index (Phi) is 3.23. The number of halogens is 2. The van der Waals surface area contributed by atoms with E-state index in [-0.39, 0.29) is 11.6 Å². The molecule has 0 unspecified atom stereocenters. The number of hydrogen-bond donors (Lipinski definition) is 1. The Bertz CT molecular complexity index is 758. The highest BCUT2D eigenvalue weighted by Crippen LogP contribution is 2.39. The lowest BCUT2D eigenvalue weighted by Crippen LogP contribution is -1.89. The normalized spacial score (nSPS) is 10.7. The molecule has 3 aromatic rings. The highest BCUT2D eigenvalue weighted by molar-refractivity contribution is 9.10. The van der Waals surface area contributed by atoms with Crippen molar-refractivity contribution >= 4 is 21.7 Å². The lowest BCUT2D eigenvalue weighted by Gasteiger charge is -2.04. The van der Waals surface area contributed by atoms with Gasteiger partial charge < -0.3 is 10.3 Å². The summed E-state index contributed by atoms with van der Waals surface area (Å²) in [5.74, 6) is 0.307. The predicted molar refractivity (Wildman–Crippen MR) is 77.2 cm³/mol. The third-order valence-corrected chi connectivity index (χ3v) is 3.55. The number of rotatable bonds is 2. The number of nitrogen functional groups attached to an aromatic ring is 1. The summed E-state index contributed by atoms with van der Waals surface area (Å²) in [4.78, 5) is 3.96. The molecule has 2 aromatic heterocycles. The molecule has 100 valence electrons. The van der Waals surface area contributed by atoms with E-state index in [4.69, 9.17) is 10.3 Å². The van der Waals surface area contributed by atoms with Crippen LogP contribution < -0.4 is 5.73 Å². The molecule has 4 nitrogen and oxygen atoms in total. The Hall–Kier alpha value is -2.21. The molecule has 6 heteroatoms. The molecule has 0 saturated heterocycles. The van der Waals surface area contributed by atoms with Crippen LogP contribution in [0.2, 0.25) is 0 Å². The molecule has 0 bridgehead atoms. The molecule has 0 aliphatic heterocycles. The fourth-order valence-corrected chi connectivity index (χ4v) is 2.38. The SMILES string of the molecule is Nc1noc(-c2cc(F)ccc2Br)c1-c1ccncc1.